The Kier molecular flexibility index (Phi) is 8.25. The number of carbonyl (C=O) groups excluding carboxylic acids is 2. The van der Waals surface area contributed by atoms with E-state index < -0.39 is 0 Å². The zero-order valence-corrected chi connectivity index (χ0v) is 17.1. The molecule has 2 N–H and O–H groups in total. The van der Waals surface area contributed by atoms with Crippen molar-refractivity contribution >= 4 is 17.5 Å². The predicted octanol–water partition coefficient (Wildman–Crippen LogP) is 2.28. The summed E-state index contributed by atoms with van der Waals surface area (Å²) in [4.78, 5) is 28.7. The fourth-order valence-electron chi connectivity index (χ4n) is 3.24. The lowest BCUT2D eigenvalue weighted by Gasteiger charge is -2.34. The van der Waals surface area contributed by atoms with Crippen LogP contribution in [0.5, 0.6) is 0 Å². The first-order valence-electron chi connectivity index (χ1n) is 10.0. The molecule has 2 amide bonds. The van der Waals surface area contributed by atoms with Gasteiger partial charge in [0, 0.05) is 37.9 Å². The Morgan fingerprint density at radius 1 is 0.963 bits per heavy atom. The SMILES string of the molecule is CCC(C)NC(=O)CN1CCN(CC(=O)Nc2ccccc2C(C)C)CC1. The van der Waals surface area contributed by atoms with E-state index in [1.54, 1.807) is 0 Å². The van der Waals surface area contributed by atoms with E-state index in [1.165, 1.54) is 0 Å². The Labute approximate surface area is 163 Å². The van der Waals surface area contributed by atoms with Crippen LogP contribution in [0.2, 0.25) is 0 Å². The summed E-state index contributed by atoms with van der Waals surface area (Å²) in [5.74, 6) is 0.471. The first-order valence-corrected chi connectivity index (χ1v) is 10.0. The molecule has 1 aliphatic rings. The zero-order valence-electron chi connectivity index (χ0n) is 17.1. The first kappa shape index (κ1) is 21.4. The average molecular weight is 375 g/mol. The molecule has 0 radical (unpaired) electrons. The fourth-order valence-corrected chi connectivity index (χ4v) is 3.24. The molecule has 0 aliphatic carbocycles. The Morgan fingerprint density at radius 3 is 2.07 bits per heavy atom. The van der Waals surface area contributed by atoms with Gasteiger partial charge in [-0.15, -0.1) is 0 Å². The van der Waals surface area contributed by atoms with Crippen LogP contribution < -0.4 is 10.6 Å². The third kappa shape index (κ3) is 6.96. The van der Waals surface area contributed by atoms with Crippen molar-refractivity contribution in [1.29, 1.82) is 0 Å². The summed E-state index contributed by atoms with van der Waals surface area (Å²) in [6.45, 7) is 12.4. The Hall–Kier alpha value is -1.92. The number of rotatable bonds is 8. The third-order valence-electron chi connectivity index (χ3n) is 5.08. The maximum Gasteiger partial charge on any atom is 0.238 e. The lowest BCUT2D eigenvalue weighted by molar-refractivity contribution is -0.124. The predicted molar refractivity (Wildman–Crippen MR) is 110 cm³/mol. The summed E-state index contributed by atoms with van der Waals surface area (Å²) in [6, 6.07) is 8.19. The molecule has 1 saturated heterocycles. The second kappa shape index (κ2) is 10.4. The van der Waals surface area contributed by atoms with Crippen molar-refractivity contribution in [3.8, 4) is 0 Å². The summed E-state index contributed by atoms with van der Waals surface area (Å²) in [5.41, 5.74) is 2.06. The van der Waals surface area contributed by atoms with E-state index in [0.29, 0.717) is 19.0 Å². The van der Waals surface area contributed by atoms with Gasteiger partial charge in [-0.25, -0.2) is 0 Å². The van der Waals surface area contributed by atoms with Gasteiger partial charge in [0.1, 0.15) is 0 Å². The molecule has 150 valence electrons. The van der Waals surface area contributed by atoms with Crippen molar-refractivity contribution in [2.75, 3.05) is 44.6 Å². The van der Waals surface area contributed by atoms with Crippen molar-refractivity contribution in [2.24, 2.45) is 0 Å². The molecule has 1 fully saturated rings. The molecule has 6 nitrogen and oxygen atoms in total. The van der Waals surface area contributed by atoms with Gasteiger partial charge in [-0.1, -0.05) is 39.0 Å². The Bertz CT molecular complexity index is 624. The van der Waals surface area contributed by atoms with Crippen LogP contribution in [-0.4, -0.2) is 66.9 Å². The number of amides is 2. The molecule has 1 atom stereocenters. The number of benzene rings is 1. The van der Waals surface area contributed by atoms with Gasteiger partial charge in [-0.3, -0.25) is 19.4 Å². The van der Waals surface area contributed by atoms with E-state index in [4.69, 9.17) is 0 Å². The minimum absolute atomic E-state index is 0.0195. The number of piperazine rings is 1. The molecule has 1 aromatic carbocycles. The number of carbonyl (C=O) groups is 2. The quantitative estimate of drug-likeness (QED) is 0.733. The molecule has 0 bridgehead atoms. The monoisotopic (exact) mass is 374 g/mol. The standard InChI is InChI=1S/C21H34N4O2/c1-5-17(4)22-20(26)14-24-10-12-25(13-11-24)15-21(27)23-19-9-7-6-8-18(19)16(2)3/h6-9,16-17H,5,10-15H2,1-4H3,(H,22,26)(H,23,27). The highest BCUT2D eigenvalue weighted by Crippen LogP contribution is 2.23. The molecule has 27 heavy (non-hydrogen) atoms. The molecular formula is C21H34N4O2. The van der Waals surface area contributed by atoms with Crippen molar-refractivity contribution in [3.05, 3.63) is 29.8 Å². The van der Waals surface area contributed by atoms with E-state index in [1.807, 2.05) is 25.1 Å². The highest BCUT2D eigenvalue weighted by molar-refractivity contribution is 5.93. The molecule has 0 spiro atoms. The van der Waals surface area contributed by atoms with E-state index in [-0.39, 0.29) is 17.9 Å². The van der Waals surface area contributed by atoms with Crippen LogP contribution in [-0.2, 0) is 9.59 Å². The van der Waals surface area contributed by atoms with Gasteiger partial charge < -0.3 is 10.6 Å². The molecule has 1 aromatic rings. The first-order chi connectivity index (χ1) is 12.9. The molecule has 2 rings (SSSR count). The minimum atomic E-state index is 0.0195. The van der Waals surface area contributed by atoms with Crippen LogP contribution in [0.25, 0.3) is 0 Å². The van der Waals surface area contributed by atoms with Crippen LogP contribution in [0.15, 0.2) is 24.3 Å². The van der Waals surface area contributed by atoms with E-state index >= 15 is 0 Å². The van der Waals surface area contributed by atoms with E-state index in [2.05, 4.69) is 47.3 Å². The molecule has 1 aliphatic heterocycles. The average Bonchev–Trinajstić information content (AvgIpc) is 2.63. The van der Waals surface area contributed by atoms with Gasteiger partial charge in [0.25, 0.3) is 0 Å². The topological polar surface area (TPSA) is 64.7 Å². The van der Waals surface area contributed by atoms with Crippen molar-refractivity contribution < 1.29 is 9.59 Å². The van der Waals surface area contributed by atoms with Gasteiger partial charge in [-0.2, -0.15) is 0 Å². The minimum Gasteiger partial charge on any atom is -0.353 e. The largest absolute Gasteiger partial charge is 0.353 e. The fraction of sp³-hybridized carbons (Fsp3) is 0.619. The van der Waals surface area contributed by atoms with Crippen molar-refractivity contribution in [2.45, 2.75) is 46.1 Å². The Balaban J connectivity index is 1.76. The number of anilines is 1. The molecule has 1 unspecified atom stereocenters. The van der Waals surface area contributed by atoms with Gasteiger partial charge in [0.2, 0.25) is 11.8 Å². The highest BCUT2D eigenvalue weighted by Gasteiger charge is 2.21. The number of nitrogens with one attached hydrogen (secondary N) is 2. The normalized spacial score (nSPS) is 16.9. The molecule has 6 heteroatoms. The van der Waals surface area contributed by atoms with Crippen LogP contribution in [0.4, 0.5) is 5.69 Å². The van der Waals surface area contributed by atoms with Crippen molar-refractivity contribution in [1.82, 2.24) is 15.1 Å². The maximum atomic E-state index is 12.4. The van der Waals surface area contributed by atoms with Gasteiger partial charge >= 0.3 is 0 Å². The van der Waals surface area contributed by atoms with Crippen LogP contribution in [0.3, 0.4) is 0 Å². The number of hydrogen-bond acceptors (Lipinski definition) is 4. The smallest absolute Gasteiger partial charge is 0.238 e. The number of para-hydroxylation sites is 1. The molecule has 1 heterocycles. The summed E-state index contributed by atoms with van der Waals surface area (Å²) in [6.07, 6.45) is 0.939. The van der Waals surface area contributed by atoms with Crippen molar-refractivity contribution in [3.63, 3.8) is 0 Å². The van der Waals surface area contributed by atoms with Crippen LogP contribution in [0, 0.1) is 0 Å². The number of nitrogens with zero attached hydrogens (tertiary/aromatic N) is 2. The molecular weight excluding hydrogens is 340 g/mol. The molecule has 0 aromatic heterocycles. The zero-order chi connectivity index (χ0) is 19.8. The van der Waals surface area contributed by atoms with Gasteiger partial charge in [0.15, 0.2) is 0 Å². The summed E-state index contributed by atoms with van der Waals surface area (Å²) in [5, 5.41) is 6.06. The summed E-state index contributed by atoms with van der Waals surface area (Å²) < 4.78 is 0. The lowest BCUT2D eigenvalue weighted by atomic mass is 10.0. The maximum absolute atomic E-state index is 12.4. The summed E-state index contributed by atoms with van der Waals surface area (Å²) in [7, 11) is 0. The highest BCUT2D eigenvalue weighted by atomic mass is 16.2. The Morgan fingerprint density at radius 2 is 1.52 bits per heavy atom. The molecule has 0 saturated carbocycles. The second-order valence-corrected chi connectivity index (χ2v) is 7.72. The van der Waals surface area contributed by atoms with Gasteiger partial charge in [0.05, 0.1) is 13.1 Å². The lowest BCUT2D eigenvalue weighted by Crippen LogP contribution is -2.51. The third-order valence-corrected chi connectivity index (χ3v) is 5.08. The van der Waals surface area contributed by atoms with Crippen LogP contribution in [0.1, 0.15) is 45.6 Å². The number of hydrogen-bond donors (Lipinski definition) is 2. The second-order valence-electron chi connectivity index (χ2n) is 7.72. The van der Waals surface area contributed by atoms with E-state index in [9.17, 15) is 9.59 Å². The van der Waals surface area contributed by atoms with Crippen LogP contribution >= 0.6 is 0 Å². The van der Waals surface area contributed by atoms with E-state index in [0.717, 1.165) is 43.9 Å². The summed E-state index contributed by atoms with van der Waals surface area (Å²) >= 11 is 0. The van der Waals surface area contributed by atoms with Gasteiger partial charge in [-0.05, 0) is 30.9 Å².